The third-order valence-electron chi connectivity index (χ3n) is 6.21. The van der Waals surface area contributed by atoms with Gasteiger partial charge in [-0.15, -0.1) is 0 Å². The van der Waals surface area contributed by atoms with Crippen LogP contribution in [0.4, 0.5) is 5.69 Å². The average molecular weight is 428 g/mol. The number of hydrogen-bond donors (Lipinski definition) is 0. The lowest BCUT2D eigenvalue weighted by Crippen LogP contribution is -2.56. The first-order valence-electron chi connectivity index (χ1n) is 10.5. The van der Waals surface area contributed by atoms with Crippen molar-refractivity contribution in [2.24, 2.45) is 0 Å². The monoisotopic (exact) mass is 427 g/mol. The molecule has 160 valence electrons. The van der Waals surface area contributed by atoms with Crippen molar-refractivity contribution < 1.29 is 13.2 Å². The van der Waals surface area contributed by atoms with Crippen molar-refractivity contribution in [2.45, 2.75) is 38.1 Å². The summed E-state index contributed by atoms with van der Waals surface area (Å²) in [5, 5.41) is 0. The zero-order valence-electron chi connectivity index (χ0n) is 17.6. The molecule has 0 unspecified atom stereocenters. The lowest BCUT2D eigenvalue weighted by molar-refractivity contribution is -0.124. The van der Waals surface area contributed by atoms with Crippen molar-refractivity contribution in [1.29, 1.82) is 0 Å². The molecule has 0 saturated carbocycles. The van der Waals surface area contributed by atoms with E-state index in [1.165, 1.54) is 5.56 Å². The lowest BCUT2D eigenvalue weighted by atomic mass is 10.1. The fourth-order valence-corrected chi connectivity index (χ4v) is 6.02. The maximum absolute atomic E-state index is 13.3. The first kappa shape index (κ1) is 21.0. The van der Waals surface area contributed by atoms with Gasteiger partial charge < -0.3 is 4.90 Å². The Bertz CT molecular complexity index is 1000. The number of carbonyl (C=O) groups is 1. The van der Waals surface area contributed by atoms with Crippen LogP contribution in [0.15, 0.2) is 54.6 Å². The molecule has 1 saturated heterocycles. The van der Waals surface area contributed by atoms with Crippen molar-refractivity contribution in [3.05, 3.63) is 65.7 Å². The van der Waals surface area contributed by atoms with Crippen LogP contribution in [-0.4, -0.2) is 61.8 Å². The second kappa shape index (κ2) is 8.49. The summed E-state index contributed by atoms with van der Waals surface area (Å²) in [4.78, 5) is 17.3. The highest BCUT2D eigenvalue weighted by molar-refractivity contribution is 7.88. The molecule has 2 heterocycles. The highest BCUT2D eigenvalue weighted by Gasteiger charge is 2.37. The molecule has 0 spiro atoms. The van der Waals surface area contributed by atoms with Crippen LogP contribution in [0.25, 0.3) is 0 Å². The highest BCUT2D eigenvalue weighted by atomic mass is 32.2. The van der Waals surface area contributed by atoms with Gasteiger partial charge in [0.05, 0.1) is 11.8 Å². The van der Waals surface area contributed by atoms with Crippen LogP contribution in [0.3, 0.4) is 0 Å². The summed E-state index contributed by atoms with van der Waals surface area (Å²) in [5.74, 6) is 0.109. The number of nitrogens with zero attached hydrogens (tertiary/aromatic N) is 3. The Morgan fingerprint density at radius 3 is 2.33 bits per heavy atom. The number of carbonyl (C=O) groups excluding carboxylic acids is 1. The second-order valence-corrected chi connectivity index (χ2v) is 10.2. The van der Waals surface area contributed by atoms with Crippen LogP contribution in [0, 0.1) is 0 Å². The van der Waals surface area contributed by atoms with E-state index in [1.807, 2.05) is 60.4 Å². The van der Waals surface area contributed by atoms with Crippen LogP contribution in [0.1, 0.15) is 25.0 Å². The lowest BCUT2D eigenvalue weighted by Gasteiger charge is -2.38. The van der Waals surface area contributed by atoms with Crippen molar-refractivity contribution in [1.82, 2.24) is 9.21 Å². The molecule has 0 N–H and O–H groups in total. The Balaban J connectivity index is 1.39. The van der Waals surface area contributed by atoms with E-state index in [9.17, 15) is 13.2 Å². The molecule has 4 rings (SSSR count). The van der Waals surface area contributed by atoms with Gasteiger partial charge in [-0.05, 0) is 37.5 Å². The predicted molar refractivity (Wildman–Crippen MR) is 119 cm³/mol. The van der Waals surface area contributed by atoms with Gasteiger partial charge in [0.25, 0.3) is 0 Å². The van der Waals surface area contributed by atoms with Crippen LogP contribution in [0.2, 0.25) is 0 Å². The third-order valence-corrected chi connectivity index (χ3v) is 8.06. The van der Waals surface area contributed by atoms with Gasteiger partial charge in [0.1, 0.15) is 0 Å². The largest absolute Gasteiger partial charge is 0.308 e. The number of amides is 1. The zero-order chi connectivity index (χ0) is 21.3. The highest BCUT2D eigenvalue weighted by Crippen LogP contribution is 2.32. The SMILES string of the molecule is C[C@@H]1Cc2ccccc2N1C(=O)[C@H](C)N1CCN(S(=O)(=O)Cc2ccccc2)CC1. The minimum atomic E-state index is -3.36. The molecule has 30 heavy (non-hydrogen) atoms. The number of anilines is 1. The minimum absolute atomic E-state index is 0.0183. The minimum Gasteiger partial charge on any atom is -0.308 e. The summed E-state index contributed by atoms with van der Waals surface area (Å²) < 4.78 is 27.1. The summed E-state index contributed by atoms with van der Waals surface area (Å²) in [5.41, 5.74) is 3.01. The number of piperazine rings is 1. The van der Waals surface area contributed by atoms with Gasteiger partial charge >= 0.3 is 0 Å². The third kappa shape index (κ3) is 4.15. The summed E-state index contributed by atoms with van der Waals surface area (Å²) in [6.07, 6.45) is 0.875. The van der Waals surface area contributed by atoms with E-state index in [4.69, 9.17) is 0 Å². The molecule has 6 nitrogen and oxygen atoms in total. The van der Waals surface area contributed by atoms with Gasteiger partial charge in [0, 0.05) is 37.9 Å². The second-order valence-electron chi connectivity index (χ2n) is 8.24. The maximum Gasteiger partial charge on any atom is 0.244 e. The van der Waals surface area contributed by atoms with Crippen molar-refractivity contribution in [3.63, 3.8) is 0 Å². The first-order valence-corrected chi connectivity index (χ1v) is 12.1. The number of benzene rings is 2. The number of sulfonamides is 1. The Kier molecular flexibility index (Phi) is 5.95. The average Bonchev–Trinajstić information content (AvgIpc) is 3.09. The van der Waals surface area contributed by atoms with E-state index in [-0.39, 0.29) is 23.7 Å². The molecule has 0 bridgehead atoms. The van der Waals surface area contributed by atoms with Gasteiger partial charge in [0.2, 0.25) is 15.9 Å². The summed E-state index contributed by atoms with van der Waals surface area (Å²) in [7, 11) is -3.36. The Hall–Kier alpha value is -2.22. The number of rotatable bonds is 5. The molecule has 1 fully saturated rings. The van der Waals surface area contributed by atoms with E-state index in [2.05, 4.69) is 17.9 Å². The van der Waals surface area contributed by atoms with Gasteiger partial charge in [0.15, 0.2) is 0 Å². The van der Waals surface area contributed by atoms with Crippen LogP contribution >= 0.6 is 0 Å². The predicted octanol–water partition coefficient (Wildman–Crippen LogP) is 2.50. The van der Waals surface area contributed by atoms with E-state index in [0.717, 1.165) is 17.7 Å². The molecular formula is C23H29N3O3S. The topological polar surface area (TPSA) is 60.9 Å². The Morgan fingerprint density at radius 1 is 1.00 bits per heavy atom. The summed E-state index contributed by atoms with van der Waals surface area (Å²) >= 11 is 0. The van der Waals surface area contributed by atoms with E-state index >= 15 is 0 Å². The van der Waals surface area contributed by atoms with Gasteiger partial charge in [-0.3, -0.25) is 9.69 Å². The number of fused-ring (bicyclic) bond motifs is 1. The van der Waals surface area contributed by atoms with Crippen LogP contribution < -0.4 is 4.90 Å². The van der Waals surface area contributed by atoms with Crippen LogP contribution in [0.5, 0.6) is 0 Å². The normalized spacial score (nSPS) is 21.4. The van der Waals surface area contributed by atoms with Gasteiger partial charge in [-0.25, -0.2) is 8.42 Å². The van der Waals surface area contributed by atoms with E-state index in [0.29, 0.717) is 26.2 Å². The molecule has 2 atom stereocenters. The molecule has 0 radical (unpaired) electrons. The Labute approximate surface area is 179 Å². The molecule has 0 aromatic heterocycles. The van der Waals surface area contributed by atoms with Crippen molar-refractivity contribution in [2.75, 3.05) is 31.1 Å². The van der Waals surface area contributed by atoms with E-state index in [1.54, 1.807) is 4.31 Å². The zero-order valence-corrected chi connectivity index (χ0v) is 18.4. The Morgan fingerprint density at radius 2 is 1.63 bits per heavy atom. The van der Waals surface area contributed by atoms with Gasteiger partial charge in [-0.2, -0.15) is 4.31 Å². The first-order chi connectivity index (χ1) is 14.4. The molecular weight excluding hydrogens is 398 g/mol. The molecule has 1 amide bonds. The smallest absolute Gasteiger partial charge is 0.244 e. The number of para-hydroxylation sites is 1. The molecule has 0 aliphatic carbocycles. The summed E-state index contributed by atoms with van der Waals surface area (Å²) in [6.45, 7) is 5.97. The standard InChI is InChI=1S/C23H29N3O3S/c1-18-16-21-10-6-7-11-22(21)26(18)23(27)19(2)24-12-14-25(15-13-24)30(28,29)17-20-8-4-3-5-9-20/h3-11,18-19H,12-17H2,1-2H3/t18-,19+/m1/s1. The molecule has 2 aromatic rings. The molecule has 7 heteroatoms. The molecule has 2 aliphatic rings. The molecule has 2 aromatic carbocycles. The fraction of sp³-hybridized carbons (Fsp3) is 0.435. The van der Waals surface area contributed by atoms with Crippen molar-refractivity contribution in [3.8, 4) is 0 Å². The molecule has 2 aliphatic heterocycles. The maximum atomic E-state index is 13.3. The quantitative estimate of drug-likeness (QED) is 0.736. The number of hydrogen-bond acceptors (Lipinski definition) is 4. The van der Waals surface area contributed by atoms with E-state index < -0.39 is 10.0 Å². The summed E-state index contributed by atoms with van der Waals surface area (Å²) in [6, 6.07) is 17.2. The van der Waals surface area contributed by atoms with Gasteiger partial charge in [-0.1, -0.05) is 48.5 Å². The van der Waals surface area contributed by atoms with Crippen LogP contribution in [-0.2, 0) is 27.0 Å². The van der Waals surface area contributed by atoms with Crippen molar-refractivity contribution >= 4 is 21.6 Å². The fourth-order valence-electron chi connectivity index (χ4n) is 4.50.